The number of hydrogen-bond acceptors (Lipinski definition) is 4. The van der Waals surface area contributed by atoms with E-state index in [0.29, 0.717) is 0 Å². The molecule has 1 N–H and O–H groups in total. The Morgan fingerprint density at radius 1 is 1.47 bits per heavy atom. The van der Waals surface area contributed by atoms with E-state index in [1.165, 1.54) is 31.4 Å². The minimum Gasteiger partial charge on any atom is -0.467 e. The summed E-state index contributed by atoms with van der Waals surface area (Å²) in [5.74, 6) is -0.321. The molecule has 0 fully saturated rings. The number of hydrogen-bond donors (Lipinski definition) is 1. The highest BCUT2D eigenvalue weighted by atomic mass is 32.2. The molecule has 0 radical (unpaired) electrons. The molecule has 4 heteroatoms. The Kier molecular flexibility index (Phi) is 4.60. The number of carbonyl (C=O) groups is 1. The maximum absolute atomic E-state index is 11.3. The molecule has 1 aromatic carbocycles. The minimum atomic E-state index is -1.45. The zero-order valence-corrected chi connectivity index (χ0v) is 11.4. The van der Waals surface area contributed by atoms with Crippen LogP contribution in [0.5, 0.6) is 0 Å². The average molecular weight is 254 g/mol. The van der Waals surface area contributed by atoms with E-state index >= 15 is 0 Å². The van der Waals surface area contributed by atoms with Gasteiger partial charge in [0.1, 0.15) is 0 Å². The highest BCUT2D eigenvalue weighted by molar-refractivity contribution is 7.99. The van der Waals surface area contributed by atoms with Gasteiger partial charge in [0.05, 0.1) is 7.11 Å². The second kappa shape index (κ2) is 5.56. The van der Waals surface area contributed by atoms with E-state index in [4.69, 9.17) is 0 Å². The maximum atomic E-state index is 11.3. The third-order valence-electron chi connectivity index (χ3n) is 2.46. The zero-order valence-electron chi connectivity index (χ0n) is 10.6. The van der Waals surface area contributed by atoms with Crippen molar-refractivity contribution in [1.82, 2.24) is 0 Å². The molecule has 0 aromatic heterocycles. The molecular formula is C13H18O3S. The van der Waals surface area contributed by atoms with Crippen molar-refractivity contribution < 1.29 is 14.6 Å². The lowest BCUT2D eigenvalue weighted by molar-refractivity contribution is -0.158. The molecule has 1 unspecified atom stereocenters. The van der Waals surface area contributed by atoms with E-state index in [0.717, 1.165) is 10.5 Å². The molecular weight excluding hydrogens is 236 g/mol. The molecule has 0 bridgehead atoms. The highest BCUT2D eigenvalue weighted by Crippen LogP contribution is 2.26. The zero-order chi connectivity index (χ0) is 13.1. The van der Waals surface area contributed by atoms with Gasteiger partial charge in [-0.3, -0.25) is 0 Å². The van der Waals surface area contributed by atoms with E-state index < -0.39 is 11.6 Å². The van der Waals surface area contributed by atoms with Gasteiger partial charge in [-0.05, 0) is 32.4 Å². The molecule has 1 aromatic rings. The number of benzene rings is 1. The molecule has 0 aliphatic rings. The summed E-state index contributed by atoms with van der Waals surface area (Å²) in [5, 5.41) is 9.89. The van der Waals surface area contributed by atoms with Gasteiger partial charge in [-0.1, -0.05) is 17.7 Å². The number of aryl methyl sites for hydroxylation is 2. The monoisotopic (exact) mass is 254 g/mol. The molecule has 0 heterocycles. The topological polar surface area (TPSA) is 46.5 Å². The predicted molar refractivity (Wildman–Crippen MR) is 69.3 cm³/mol. The van der Waals surface area contributed by atoms with Crippen LogP contribution >= 0.6 is 11.8 Å². The molecule has 1 rings (SSSR count). The lowest BCUT2D eigenvalue weighted by Crippen LogP contribution is -2.38. The number of aliphatic hydroxyl groups is 1. The number of thioether (sulfide) groups is 1. The largest absolute Gasteiger partial charge is 0.467 e. The third-order valence-corrected chi connectivity index (χ3v) is 3.94. The Morgan fingerprint density at radius 2 is 2.12 bits per heavy atom. The Balaban J connectivity index is 2.70. The fraction of sp³-hybridized carbons (Fsp3) is 0.462. The van der Waals surface area contributed by atoms with Crippen molar-refractivity contribution in [2.45, 2.75) is 31.3 Å². The Morgan fingerprint density at radius 3 is 2.65 bits per heavy atom. The Hall–Kier alpha value is -1.00. The van der Waals surface area contributed by atoms with Gasteiger partial charge in [-0.25, -0.2) is 4.79 Å². The molecule has 94 valence electrons. The van der Waals surface area contributed by atoms with E-state index in [1.807, 2.05) is 26.0 Å². The summed E-state index contributed by atoms with van der Waals surface area (Å²) in [4.78, 5) is 12.4. The minimum absolute atomic E-state index is 0.281. The van der Waals surface area contributed by atoms with Gasteiger partial charge in [0, 0.05) is 10.6 Å². The van der Waals surface area contributed by atoms with Gasteiger partial charge >= 0.3 is 5.97 Å². The first-order chi connectivity index (χ1) is 7.86. The van der Waals surface area contributed by atoms with Crippen LogP contribution in [-0.2, 0) is 9.53 Å². The van der Waals surface area contributed by atoms with Gasteiger partial charge in [0.2, 0.25) is 0 Å². The van der Waals surface area contributed by atoms with Crippen LogP contribution in [0.3, 0.4) is 0 Å². The summed E-state index contributed by atoms with van der Waals surface area (Å²) in [6, 6.07) is 6.10. The van der Waals surface area contributed by atoms with Crippen LogP contribution in [0.4, 0.5) is 0 Å². The molecule has 0 saturated heterocycles. The van der Waals surface area contributed by atoms with Gasteiger partial charge in [0.15, 0.2) is 5.60 Å². The first kappa shape index (κ1) is 14.1. The van der Waals surface area contributed by atoms with Crippen molar-refractivity contribution in [3.63, 3.8) is 0 Å². The molecule has 17 heavy (non-hydrogen) atoms. The molecule has 0 aliphatic heterocycles. The van der Waals surface area contributed by atoms with Crippen molar-refractivity contribution >= 4 is 17.7 Å². The smallest absolute Gasteiger partial charge is 0.338 e. The van der Waals surface area contributed by atoms with Crippen LogP contribution < -0.4 is 0 Å². The van der Waals surface area contributed by atoms with E-state index in [9.17, 15) is 9.90 Å². The van der Waals surface area contributed by atoms with Crippen LogP contribution in [0.1, 0.15) is 18.1 Å². The fourth-order valence-electron chi connectivity index (χ4n) is 1.46. The maximum Gasteiger partial charge on any atom is 0.338 e. The van der Waals surface area contributed by atoms with Crippen LogP contribution in [-0.4, -0.2) is 29.5 Å². The molecule has 1 atom stereocenters. The van der Waals surface area contributed by atoms with Gasteiger partial charge in [-0.15, -0.1) is 11.8 Å². The number of rotatable bonds is 4. The first-order valence-electron chi connectivity index (χ1n) is 5.37. The SMILES string of the molecule is COC(=O)C(C)(O)CSc1ccc(C)cc1C. The quantitative estimate of drug-likeness (QED) is 0.661. The molecule has 0 amide bonds. The molecule has 0 spiro atoms. The summed E-state index contributed by atoms with van der Waals surface area (Å²) < 4.78 is 4.55. The molecule has 0 saturated carbocycles. The first-order valence-corrected chi connectivity index (χ1v) is 6.36. The van der Waals surface area contributed by atoms with Gasteiger partial charge < -0.3 is 9.84 Å². The van der Waals surface area contributed by atoms with Crippen molar-refractivity contribution in [2.75, 3.05) is 12.9 Å². The second-order valence-electron chi connectivity index (χ2n) is 4.32. The van der Waals surface area contributed by atoms with Crippen molar-refractivity contribution in [2.24, 2.45) is 0 Å². The summed E-state index contributed by atoms with van der Waals surface area (Å²) in [7, 11) is 1.28. The summed E-state index contributed by atoms with van der Waals surface area (Å²) in [6.45, 7) is 5.52. The van der Waals surface area contributed by atoms with Crippen LogP contribution in [0, 0.1) is 13.8 Å². The molecule has 3 nitrogen and oxygen atoms in total. The lowest BCUT2D eigenvalue weighted by Gasteiger charge is -2.20. The highest BCUT2D eigenvalue weighted by Gasteiger charge is 2.31. The third kappa shape index (κ3) is 3.75. The van der Waals surface area contributed by atoms with E-state index in [-0.39, 0.29) is 5.75 Å². The van der Waals surface area contributed by atoms with E-state index in [1.54, 1.807) is 0 Å². The predicted octanol–water partition coefficient (Wildman–Crippen LogP) is 2.32. The normalized spacial score (nSPS) is 14.2. The Bertz CT molecular complexity index is 413. The summed E-state index contributed by atoms with van der Waals surface area (Å²) in [5.41, 5.74) is 0.902. The molecule has 0 aliphatic carbocycles. The van der Waals surface area contributed by atoms with Gasteiger partial charge in [0.25, 0.3) is 0 Å². The van der Waals surface area contributed by atoms with Crippen LogP contribution in [0.2, 0.25) is 0 Å². The lowest BCUT2D eigenvalue weighted by atomic mass is 10.1. The standard InChI is InChI=1S/C13H18O3S/c1-9-5-6-11(10(2)7-9)17-8-13(3,15)12(14)16-4/h5-7,15H,8H2,1-4H3. The number of esters is 1. The average Bonchev–Trinajstić information content (AvgIpc) is 2.26. The van der Waals surface area contributed by atoms with Gasteiger partial charge in [-0.2, -0.15) is 0 Å². The number of ether oxygens (including phenoxy) is 1. The van der Waals surface area contributed by atoms with Crippen molar-refractivity contribution in [3.8, 4) is 0 Å². The number of methoxy groups -OCH3 is 1. The van der Waals surface area contributed by atoms with Crippen LogP contribution in [0.15, 0.2) is 23.1 Å². The fourth-order valence-corrected chi connectivity index (χ4v) is 2.46. The van der Waals surface area contributed by atoms with Crippen molar-refractivity contribution in [3.05, 3.63) is 29.3 Å². The summed E-state index contributed by atoms with van der Waals surface area (Å²) in [6.07, 6.45) is 0. The van der Waals surface area contributed by atoms with Crippen LogP contribution in [0.25, 0.3) is 0 Å². The van der Waals surface area contributed by atoms with Crippen molar-refractivity contribution in [1.29, 1.82) is 0 Å². The Labute approximate surface area is 106 Å². The number of carbonyl (C=O) groups excluding carboxylic acids is 1. The summed E-state index contributed by atoms with van der Waals surface area (Å²) >= 11 is 1.46. The second-order valence-corrected chi connectivity index (χ2v) is 5.34. The van der Waals surface area contributed by atoms with E-state index in [2.05, 4.69) is 10.8 Å².